The van der Waals surface area contributed by atoms with Crippen molar-refractivity contribution in [3.63, 3.8) is 0 Å². The first-order valence-electron chi connectivity index (χ1n) is 12.4. The molecule has 0 radical (unpaired) electrons. The number of para-hydroxylation sites is 1. The average molecular weight is 494 g/mol. The van der Waals surface area contributed by atoms with Crippen molar-refractivity contribution in [2.45, 2.75) is 64.1 Å². The van der Waals surface area contributed by atoms with Crippen molar-refractivity contribution in [2.75, 3.05) is 6.61 Å². The van der Waals surface area contributed by atoms with E-state index in [4.69, 9.17) is 14.8 Å². The Hall–Kier alpha value is -3.29. The van der Waals surface area contributed by atoms with E-state index < -0.39 is 24.6 Å². The molecule has 4 rings (SSSR count). The van der Waals surface area contributed by atoms with Gasteiger partial charge in [-0.25, -0.2) is 4.39 Å². The van der Waals surface area contributed by atoms with Crippen LogP contribution in [0, 0.1) is 5.82 Å². The van der Waals surface area contributed by atoms with Crippen LogP contribution >= 0.6 is 0 Å². The van der Waals surface area contributed by atoms with Gasteiger partial charge in [-0.15, -0.1) is 0 Å². The Morgan fingerprint density at radius 1 is 1.08 bits per heavy atom. The number of aliphatic carboxylic acids is 1. The monoisotopic (exact) mass is 493 g/mol. The summed E-state index contributed by atoms with van der Waals surface area (Å²) in [7, 11) is 0. The molecule has 0 amide bonds. The number of hydrogen-bond donors (Lipinski definition) is 3. The zero-order valence-electron chi connectivity index (χ0n) is 20.6. The molecule has 36 heavy (non-hydrogen) atoms. The Kier molecular flexibility index (Phi) is 8.01. The first-order valence-corrected chi connectivity index (χ1v) is 12.4. The van der Waals surface area contributed by atoms with Crippen LogP contribution < -0.4 is 4.74 Å². The lowest BCUT2D eigenvalue weighted by Gasteiger charge is -2.24. The van der Waals surface area contributed by atoms with Crippen molar-refractivity contribution in [3.8, 4) is 28.1 Å². The lowest BCUT2D eigenvalue weighted by Crippen LogP contribution is -2.21. The van der Waals surface area contributed by atoms with Crippen LogP contribution in [-0.4, -0.2) is 45.1 Å². The average Bonchev–Trinajstić information content (AvgIpc) is 3.01. The fourth-order valence-electron chi connectivity index (χ4n) is 4.92. The summed E-state index contributed by atoms with van der Waals surface area (Å²) in [5.41, 5.74) is 6.50. The molecule has 1 aromatic heterocycles. The highest BCUT2D eigenvalue weighted by Gasteiger charge is 2.27. The van der Waals surface area contributed by atoms with Gasteiger partial charge in [0.25, 0.3) is 0 Å². The number of aliphatic hydroxyl groups excluding tert-OH is 2. The molecule has 2 aromatic carbocycles. The van der Waals surface area contributed by atoms with E-state index >= 15 is 0 Å². The summed E-state index contributed by atoms with van der Waals surface area (Å²) in [4.78, 5) is 16.0. The van der Waals surface area contributed by atoms with Gasteiger partial charge in [0.15, 0.2) is 0 Å². The van der Waals surface area contributed by atoms with Gasteiger partial charge in [-0.05, 0) is 71.7 Å². The summed E-state index contributed by atoms with van der Waals surface area (Å²) in [6, 6.07) is 14.2. The maximum absolute atomic E-state index is 13.8. The number of ether oxygens (including phenoxy) is 1. The minimum Gasteiger partial charge on any atom is -0.493 e. The molecule has 2 heterocycles. The second-order valence-corrected chi connectivity index (χ2v) is 9.61. The number of halogens is 1. The number of carboxylic acid groups (broad SMARTS) is 1. The molecule has 190 valence electrons. The van der Waals surface area contributed by atoms with E-state index in [0.29, 0.717) is 25.9 Å². The first-order chi connectivity index (χ1) is 17.2. The van der Waals surface area contributed by atoms with Gasteiger partial charge in [-0.1, -0.05) is 38.1 Å². The van der Waals surface area contributed by atoms with Crippen LogP contribution in [0.25, 0.3) is 22.4 Å². The number of fused-ring (bicyclic) bond motifs is 3. The van der Waals surface area contributed by atoms with Crippen LogP contribution in [0.1, 0.15) is 55.8 Å². The third-order valence-corrected chi connectivity index (χ3v) is 6.54. The molecule has 3 N–H and O–H groups in total. The van der Waals surface area contributed by atoms with Gasteiger partial charge in [0.05, 0.1) is 30.9 Å². The Morgan fingerprint density at radius 2 is 1.81 bits per heavy atom. The van der Waals surface area contributed by atoms with Gasteiger partial charge in [-0.3, -0.25) is 9.78 Å². The molecule has 6 nitrogen and oxygen atoms in total. The largest absolute Gasteiger partial charge is 0.493 e. The Labute approximate surface area is 210 Å². The second kappa shape index (κ2) is 11.2. The standard InChI is InChI=1S/C29H32FNO5/c1-17(2)28-23(12-11-20(32)15-21(33)16-26(34)35)27(18-7-9-19(30)10-8-18)24-13-14-36-25-6-4-3-5-22(25)29(24)31-28/h3-10,17,20-21,32-33H,11-16H2,1-2H3,(H,34,35)/t20-,21-/m1/s1. The van der Waals surface area contributed by atoms with Gasteiger partial charge in [0.1, 0.15) is 11.6 Å². The van der Waals surface area contributed by atoms with E-state index in [2.05, 4.69) is 13.8 Å². The Morgan fingerprint density at radius 3 is 2.50 bits per heavy atom. The van der Waals surface area contributed by atoms with Crippen molar-refractivity contribution in [1.82, 2.24) is 4.98 Å². The number of rotatable bonds is 9. The van der Waals surface area contributed by atoms with Gasteiger partial charge >= 0.3 is 5.97 Å². The minimum absolute atomic E-state index is 0.0191. The zero-order valence-corrected chi connectivity index (χ0v) is 20.6. The van der Waals surface area contributed by atoms with Crippen LogP contribution in [-0.2, 0) is 17.6 Å². The number of aromatic nitrogens is 1. The number of nitrogens with zero attached hydrogens (tertiary/aromatic N) is 1. The van der Waals surface area contributed by atoms with Gasteiger partial charge < -0.3 is 20.1 Å². The highest BCUT2D eigenvalue weighted by atomic mass is 19.1. The molecular formula is C29H32FNO5. The summed E-state index contributed by atoms with van der Waals surface area (Å²) >= 11 is 0. The van der Waals surface area contributed by atoms with Crippen molar-refractivity contribution in [2.24, 2.45) is 0 Å². The van der Waals surface area contributed by atoms with E-state index in [1.54, 1.807) is 12.1 Å². The van der Waals surface area contributed by atoms with Crippen LogP contribution in [0.2, 0.25) is 0 Å². The summed E-state index contributed by atoms with van der Waals surface area (Å²) in [6.45, 7) is 4.61. The molecule has 2 atom stereocenters. The normalized spacial score (nSPS) is 14.4. The molecule has 0 fully saturated rings. The van der Waals surface area contributed by atoms with Crippen LogP contribution in [0.15, 0.2) is 48.5 Å². The predicted octanol–water partition coefficient (Wildman–Crippen LogP) is 5.13. The Bertz CT molecular complexity index is 1230. The first kappa shape index (κ1) is 25.8. The molecule has 1 aliphatic heterocycles. The summed E-state index contributed by atoms with van der Waals surface area (Å²) in [6.07, 6.45) is -0.985. The molecule has 3 aromatic rings. The third kappa shape index (κ3) is 5.74. The van der Waals surface area contributed by atoms with Crippen LogP contribution in [0.3, 0.4) is 0 Å². The number of pyridine rings is 1. The molecule has 0 unspecified atom stereocenters. The smallest absolute Gasteiger partial charge is 0.305 e. The van der Waals surface area contributed by atoms with Gasteiger partial charge in [0, 0.05) is 17.7 Å². The molecule has 0 aliphatic carbocycles. The van der Waals surface area contributed by atoms with Crippen LogP contribution in [0.5, 0.6) is 5.75 Å². The molecule has 0 saturated heterocycles. The van der Waals surface area contributed by atoms with E-state index in [1.807, 2.05) is 24.3 Å². The second-order valence-electron chi connectivity index (χ2n) is 9.61. The zero-order chi connectivity index (χ0) is 25.8. The summed E-state index contributed by atoms with van der Waals surface area (Å²) in [5.74, 6) is -0.566. The Balaban J connectivity index is 1.82. The van der Waals surface area contributed by atoms with E-state index in [1.165, 1.54) is 12.1 Å². The number of hydrogen-bond acceptors (Lipinski definition) is 5. The molecule has 0 bridgehead atoms. The van der Waals surface area contributed by atoms with Gasteiger partial charge in [0.2, 0.25) is 0 Å². The van der Waals surface area contributed by atoms with Crippen molar-refractivity contribution >= 4 is 5.97 Å². The van der Waals surface area contributed by atoms with E-state index in [9.17, 15) is 19.4 Å². The molecule has 0 spiro atoms. The fraction of sp³-hybridized carbons (Fsp3) is 0.379. The minimum atomic E-state index is -1.11. The van der Waals surface area contributed by atoms with Crippen molar-refractivity contribution in [3.05, 3.63) is 71.2 Å². The highest BCUT2D eigenvalue weighted by Crippen LogP contribution is 2.42. The predicted molar refractivity (Wildman–Crippen MR) is 136 cm³/mol. The SMILES string of the molecule is CC(C)c1nc2c(c(-c3ccc(F)cc3)c1CC[C@@H](O)C[C@@H](O)CC(=O)O)CCOc1ccccc1-2. The number of benzene rings is 2. The van der Waals surface area contributed by atoms with Crippen LogP contribution in [0.4, 0.5) is 4.39 Å². The number of aliphatic hydroxyl groups is 2. The molecule has 1 aliphatic rings. The number of carboxylic acids is 1. The lowest BCUT2D eigenvalue weighted by molar-refractivity contribution is -0.139. The maximum atomic E-state index is 13.8. The highest BCUT2D eigenvalue weighted by molar-refractivity contribution is 5.82. The third-order valence-electron chi connectivity index (χ3n) is 6.54. The van der Waals surface area contributed by atoms with E-state index in [-0.39, 0.29) is 18.2 Å². The fourth-order valence-corrected chi connectivity index (χ4v) is 4.92. The summed E-state index contributed by atoms with van der Waals surface area (Å²) < 4.78 is 19.9. The molecular weight excluding hydrogens is 461 g/mol. The summed E-state index contributed by atoms with van der Waals surface area (Å²) in [5, 5.41) is 29.5. The van der Waals surface area contributed by atoms with Gasteiger partial charge in [-0.2, -0.15) is 0 Å². The lowest BCUT2D eigenvalue weighted by atomic mass is 9.84. The topological polar surface area (TPSA) is 99.9 Å². The van der Waals surface area contributed by atoms with E-state index in [0.717, 1.165) is 45.0 Å². The maximum Gasteiger partial charge on any atom is 0.305 e. The quantitative estimate of drug-likeness (QED) is 0.382. The number of carbonyl (C=O) groups is 1. The molecule has 7 heteroatoms. The van der Waals surface area contributed by atoms with Crippen molar-refractivity contribution < 1.29 is 29.2 Å². The van der Waals surface area contributed by atoms with Crippen molar-refractivity contribution in [1.29, 1.82) is 0 Å². The molecule has 0 saturated carbocycles.